The Kier molecular flexibility index (Phi) is 6.97. The van der Waals surface area contributed by atoms with Crippen LogP contribution in [0.5, 0.6) is 11.5 Å². The SMILES string of the molecule is CCCCCCCCOc1ccc(-c2ccc(O)c(F)c2F)nc1. The molecule has 0 radical (unpaired) electrons. The predicted molar refractivity (Wildman–Crippen MR) is 90.1 cm³/mol. The number of benzene rings is 1. The number of hydrogen-bond acceptors (Lipinski definition) is 3. The zero-order chi connectivity index (χ0) is 17.4. The third-order valence-electron chi connectivity index (χ3n) is 3.84. The van der Waals surface area contributed by atoms with E-state index in [2.05, 4.69) is 11.9 Å². The molecule has 2 aromatic rings. The van der Waals surface area contributed by atoms with E-state index < -0.39 is 17.4 Å². The van der Waals surface area contributed by atoms with Crippen molar-refractivity contribution in [2.45, 2.75) is 45.4 Å². The molecular formula is C19H23F2NO2. The zero-order valence-electron chi connectivity index (χ0n) is 13.9. The molecule has 1 heterocycles. The number of ether oxygens (including phenoxy) is 1. The van der Waals surface area contributed by atoms with Gasteiger partial charge in [0.2, 0.25) is 5.82 Å². The fourth-order valence-electron chi connectivity index (χ4n) is 2.43. The quantitative estimate of drug-likeness (QED) is 0.618. The van der Waals surface area contributed by atoms with E-state index in [0.29, 0.717) is 18.1 Å². The number of hydrogen-bond donors (Lipinski definition) is 1. The molecule has 0 unspecified atom stereocenters. The average Bonchev–Trinajstić information content (AvgIpc) is 2.60. The first-order valence-corrected chi connectivity index (χ1v) is 8.39. The highest BCUT2D eigenvalue weighted by Gasteiger charge is 2.15. The van der Waals surface area contributed by atoms with Crippen LogP contribution in [0.25, 0.3) is 11.3 Å². The van der Waals surface area contributed by atoms with Gasteiger partial charge in [0.25, 0.3) is 0 Å². The predicted octanol–water partition coefficient (Wildman–Crippen LogP) is 5.47. The first kappa shape index (κ1) is 18.2. The number of phenols is 1. The Balaban J connectivity index is 1.86. The summed E-state index contributed by atoms with van der Waals surface area (Å²) in [5.74, 6) is -2.48. The van der Waals surface area contributed by atoms with E-state index in [0.717, 1.165) is 18.9 Å². The van der Waals surface area contributed by atoms with Crippen LogP contribution in [0.1, 0.15) is 45.4 Å². The molecule has 0 fully saturated rings. The molecule has 24 heavy (non-hydrogen) atoms. The molecule has 1 aromatic carbocycles. The van der Waals surface area contributed by atoms with Crippen LogP contribution >= 0.6 is 0 Å². The van der Waals surface area contributed by atoms with Crippen molar-refractivity contribution in [1.29, 1.82) is 0 Å². The van der Waals surface area contributed by atoms with Crippen molar-refractivity contribution in [3.63, 3.8) is 0 Å². The molecule has 0 atom stereocenters. The Hall–Kier alpha value is -2.17. The molecule has 0 aliphatic carbocycles. The lowest BCUT2D eigenvalue weighted by molar-refractivity contribution is 0.303. The number of phenolic OH excluding ortho intramolecular Hbond substituents is 1. The minimum Gasteiger partial charge on any atom is -0.505 e. The normalized spacial score (nSPS) is 10.8. The van der Waals surface area contributed by atoms with Gasteiger partial charge in [0.05, 0.1) is 18.5 Å². The molecule has 2 rings (SSSR count). The highest BCUT2D eigenvalue weighted by molar-refractivity contribution is 5.61. The van der Waals surface area contributed by atoms with Crippen molar-refractivity contribution in [2.75, 3.05) is 6.61 Å². The van der Waals surface area contributed by atoms with Gasteiger partial charge in [-0.3, -0.25) is 4.98 Å². The Labute approximate surface area is 141 Å². The van der Waals surface area contributed by atoms with Crippen molar-refractivity contribution in [1.82, 2.24) is 4.98 Å². The van der Waals surface area contributed by atoms with Crippen LogP contribution in [0.2, 0.25) is 0 Å². The molecule has 0 aliphatic rings. The van der Waals surface area contributed by atoms with Crippen molar-refractivity contribution in [3.8, 4) is 22.8 Å². The average molecular weight is 335 g/mol. The van der Waals surface area contributed by atoms with E-state index in [1.807, 2.05) is 0 Å². The van der Waals surface area contributed by atoms with E-state index >= 15 is 0 Å². The van der Waals surface area contributed by atoms with E-state index in [-0.39, 0.29) is 5.56 Å². The lowest BCUT2D eigenvalue weighted by atomic mass is 10.1. The number of aromatic nitrogens is 1. The minimum atomic E-state index is -1.27. The number of pyridine rings is 1. The standard InChI is InChI=1S/C19H23F2NO2/c1-2-3-4-5-6-7-12-24-14-8-10-16(22-13-14)15-9-11-17(23)19(21)18(15)20/h8-11,13,23H,2-7,12H2,1H3. The van der Waals surface area contributed by atoms with Gasteiger partial charge in [0.15, 0.2) is 11.6 Å². The van der Waals surface area contributed by atoms with Crippen LogP contribution in [0, 0.1) is 11.6 Å². The summed E-state index contributed by atoms with van der Waals surface area (Å²) in [6, 6.07) is 5.67. The third-order valence-corrected chi connectivity index (χ3v) is 3.84. The lowest BCUT2D eigenvalue weighted by Crippen LogP contribution is -1.98. The van der Waals surface area contributed by atoms with Crippen LogP contribution in [-0.4, -0.2) is 16.7 Å². The van der Waals surface area contributed by atoms with Gasteiger partial charge < -0.3 is 9.84 Å². The Bertz CT molecular complexity index is 645. The lowest BCUT2D eigenvalue weighted by Gasteiger charge is -2.08. The van der Waals surface area contributed by atoms with Crippen molar-refractivity contribution in [3.05, 3.63) is 42.1 Å². The molecule has 5 heteroatoms. The highest BCUT2D eigenvalue weighted by Crippen LogP contribution is 2.28. The summed E-state index contributed by atoms with van der Waals surface area (Å²) < 4.78 is 32.8. The Morgan fingerprint density at radius 1 is 0.958 bits per heavy atom. The van der Waals surface area contributed by atoms with Gasteiger partial charge in [-0.2, -0.15) is 4.39 Å². The van der Waals surface area contributed by atoms with E-state index in [9.17, 15) is 8.78 Å². The summed E-state index contributed by atoms with van der Waals surface area (Å²) in [6.07, 6.45) is 8.63. The van der Waals surface area contributed by atoms with Gasteiger partial charge in [-0.05, 0) is 30.7 Å². The van der Waals surface area contributed by atoms with Gasteiger partial charge in [-0.1, -0.05) is 39.0 Å². The van der Waals surface area contributed by atoms with Gasteiger partial charge >= 0.3 is 0 Å². The molecule has 1 aromatic heterocycles. The maximum Gasteiger partial charge on any atom is 0.201 e. The molecule has 3 nitrogen and oxygen atoms in total. The van der Waals surface area contributed by atoms with Crippen molar-refractivity contribution in [2.24, 2.45) is 0 Å². The maximum absolute atomic E-state index is 13.8. The maximum atomic E-state index is 13.8. The second-order valence-electron chi connectivity index (χ2n) is 5.76. The zero-order valence-corrected chi connectivity index (χ0v) is 13.9. The second kappa shape index (κ2) is 9.21. The molecule has 0 spiro atoms. The molecule has 130 valence electrons. The van der Waals surface area contributed by atoms with Crippen LogP contribution in [0.3, 0.4) is 0 Å². The van der Waals surface area contributed by atoms with Crippen LogP contribution < -0.4 is 4.74 Å². The van der Waals surface area contributed by atoms with E-state index in [4.69, 9.17) is 9.84 Å². The number of unbranched alkanes of at least 4 members (excludes halogenated alkanes) is 5. The second-order valence-corrected chi connectivity index (χ2v) is 5.76. The third kappa shape index (κ3) is 4.91. The fraction of sp³-hybridized carbons (Fsp3) is 0.421. The highest BCUT2D eigenvalue weighted by atomic mass is 19.2. The largest absolute Gasteiger partial charge is 0.505 e. The molecule has 1 N–H and O–H groups in total. The number of rotatable bonds is 9. The molecule has 0 aliphatic heterocycles. The smallest absolute Gasteiger partial charge is 0.201 e. The first-order valence-electron chi connectivity index (χ1n) is 8.39. The topological polar surface area (TPSA) is 42.4 Å². The van der Waals surface area contributed by atoms with Crippen LogP contribution in [0.4, 0.5) is 8.78 Å². The fourth-order valence-corrected chi connectivity index (χ4v) is 2.43. The van der Waals surface area contributed by atoms with Crippen molar-refractivity contribution < 1.29 is 18.6 Å². The van der Waals surface area contributed by atoms with Gasteiger partial charge in [0.1, 0.15) is 5.75 Å². The minimum absolute atomic E-state index is 0.00720. The molecule has 0 saturated carbocycles. The first-order chi connectivity index (χ1) is 11.6. The summed E-state index contributed by atoms with van der Waals surface area (Å²) >= 11 is 0. The van der Waals surface area contributed by atoms with Crippen molar-refractivity contribution >= 4 is 0 Å². The number of aromatic hydroxyl groups is 1. The Morgan fingerprint density at radius 2 is 1.71 bits per heavy atom. The van der Waals surface area contributed by atoms with Gasteiger partial charge in [0, 0.05) is 5.56 Å². The molecular weight excluding hydrogens is 312 g/mol. The van der Waals surface area contributed by atoms with E-state index in [1.54, 1.807) is 12.1 Å². The summed E-state index contributed by atoms with van der Waals surface area (Å²) in [4.78, 5) is 4.11. The van der Waals surface area contributed by atoms with Crippen LogP contribution in [0.15, 0.2) is 30.5 Å². The summed E-state index contributed by atoms with van der Waals surface area (Å²) in [5.41, 5.74) is 0.297. The summed E-state index contributed by atoms with van der Waals surface area (Å²) in [7, 11) is 0. The van der Waals surface area contributed by atoms with E-state index in [1.165, 1.54) is 37.9 Å². The summed E-state index contributed by atoms with van der Waals surface area (Å²) in [5, 5.41) is 9.15. The molecule has 0 saturated heterocycles. The molecule has 0 bridgehead atoms. The van der Waals surface area contributed by atoms with Gasteiger partial charge in [-0.25, -0.2) is 4.39 Å². The number of nitrogens with zero attached hydrogens (tertiary/aromatic N) is 1. The number of halogens is 2. The Morgan fingerprint density at radius 3 is 2.42 bits per heavy atom. The molecule has 0 amide bonds. The monoisotopic (exact) mass is 335 g/mol. The summed E-state index contributed by atoms with van der Waals surface area (Å²) in [6.45, 7) is 2.81. The van der Waals surface area contributed by atoms with Gasteiger partial charge in [-0.15, -0.1) is 0 Å². The van der Waals surface area contributed by atoms with Crippen LogP contribution in [-0.2, 0) is 0 Å².